The van der Waals surface area contributed by atoms with E-state index < -0.39 is 0 Å². The van der Waals surface area contributed by atoms with Crippen molar-refractivity contribution in [3.05, 3.63) is 29.7 Å². The third-order valence-corrected chi connectivity index (χ3v) is 3.30. The molecule has 0 saturated heterocycles. The number of hydrogen-bond acceptors (Lipinski definition) is 3. The largest absolute Gasteiger partial charge is 0.334 e. The number of aryl methyl sites for hydroxylation is 1. The zero-order valence-corrected chi connectivity index (χ0v) is 12.7. The predicted octanol–water partition coefficient (Wildman–Crippen LogP) is 2.37. The average molecular weight is 290 g/mol. The van der Waals surface area contributed by atoms with Crippen molar-refractivity contribution in [3.8, 4) is 0 Å². The van der Waals surface area contributed by atoms with Crippen LogP contribution in [0.25, 0.3) is 0 Å². The normalized spacial score (nSPS) is 12.1. The van der Waals surface area contributed by atoms with Crippen LogP contribution in [0.2, 0.25) is 0 Å². The fourth-order valence-electron chi connectivity index (χ4n) is 2.15. The number of carbonyl (C=O) groups excluding carboxylic acids is 1. The summed E-state index contributed by atoms with van der Waals surface area (Å²) in [5, 5.41) is 16.6. The number of hydrogen-bond donors (Lipinski definition) is 3. The van der Waals surface area contributed by atoms with Gasteiger partial charge in [0, 0.05) is 37.1 Å². The maximum atomic E-state index is 11.8. The zero-order valence-electron chi connectivity index (χ0n) is 12.7. The zero-order chi connectivity index (χ0) is 15.2. The SMILES string of the molecule is CCC[C@@H](C)c1cc(NC(=O)NCc2cnn(C)c2)n[nH]1. The van der Waals surface area contributed by atoms with Crippen molar-refractivity contribution in [1.82, 2.24) is 25.3 Å². The monoisotopic (exact) mass is 290 g/mol. The minimum atomic E-state index is -0.278. The maximum Gasteiger partial charge on any atom is 0.320 e. The molecule has 0 saturated carbocycles. The lowest BCUT2D eigenvalue weighted by Gasteiger charge is -2.05. The number of amides is 2. The molecule has 2 rings (SSSR count). The van der Waals surface area contributed by atoms with Crippen molar-refractivity contribution in [2.45, 2.75) is 39.2 Å². The highest BCUT2D eigenvalue weighted by Gasteiger charge is 2.10. The van der Waals surface area contributed by atoms with Crippen LogP contribution in [0.5, 0.6) is 0 Å². The molecule has 7 nitrogen and oxygen atoms in total. The predicted molar refractivity (Wildman–Crippen MR) is 81.0 cm³/mol. The van der Waals surface area contributed by atoms with E-state index in [1.807, 2.05) is 19.3 Å². The number of aromatic amines is 1. The van der Waals surface area contributed by atoms with Gasteiger partial charge in [-0.05, 0) is 12.3 Å². The molecule has 0 radical (unpaired) electrons. The van der Waals surface area contributed by atoms with Crippen molar-refractivity contribution >= 4 is 11.8 Å². The highest BCUT2D eigenvalue weighted by Crippen LogP contribution is 2.20. The van der Waals surface area contributed by atoms with E-state index >= 15 is 0 Å². The first-order chi connectivity index (χ1) is 10.1. The molecule has 7 heteroatoms. The Morgan fingerprint density at radius 3 is 3.00 bits per heavy atom. The van der Waals surface area contributed by atoms with Gasteiger partial charge in [0.05, 0.1) is 6.20 Å². The van der Waals surface area contributed by atoms with Gasteiger partial charge in [-0.2, -0.15) is 10.2 Å². The van der Waals surface area contributed by atoms with E-state index in [-0.39, 0.29) is 6.03 Å². The molecular weight excluding hydrogens is 268 g/mol. The molecule has 114 valence electrons. The van der Waals surface area contributed by atoms with Crippen LogP contribution in [0.15, 0.2) is 18.5 Å². The van der Waals surface area contributed by atoms with E-state index in [1.165, 1.54) is 0 Å². The summed E-state index contributed by atoms with van der Waals surface area (Å²) >= 11 is 0. The average Bonchev–Trinajstić information content (AvgIpc) is 3.06. The smallest absolute Gasteiger partial charge is 0.320 e. The van der Waals surface area contributed by atoms with Gasteiger partial charge in [0.15, 0.2) is 5.82 Å². The third kappa shape index (κ3) is 4.34. The molecule has 3 N–H and O–H groups in total. The van der Waals surface area contributed by atoms with E-state index in [9.17, 15) is 4.79 Å². The maximum absolute atomic E-state index is 11.8. The van der Waals surface area contributed by atoms with Gasteiger partial charge in [-0.1, -0.05) is 20.3 Å². The highest BCUT2D eigenvalue weighted by atomic mass is 16.2. The molecule has 0 unspecified atom stereocenters. The molecule has 0 spiro atoms. The fraction of sp³-hybridized carbons (Fsp3) is 0.500. The number of nitrogens with zero attached hydrogens (tertiary/aromatic N) is 3. The molecule has 1 atom stereocenters. The van der Waals surface area contributed by atoms with Gasteiger partial charge in [-0.3, -0.25) is 15.1 Å². The van der Waals surface area contributed by atoms with Crippen LogP contribution in [0, 0.1) is 0 Å². The summed E-state index contributed by atoms with van der Waals surface area (Å²) in [5.41, 5.74) is 1.99. The van der Waals surface area contributed by atoms with Gasteiger partial charge in [0.1, 0.15) is 0 Å². The first-order valence-electron chi connectivity index (χ1n) is 7.16. The van der Waals surface area contributed by atoms with E-state index in [0.717, 1.165) is 24.1 Å². The summed E-state index contributed by atoms with van der Waals surface area (Å²) in [6.45, 7) is 4.73. The quantitative estimate of drug-likeness (QED) is 0.763. The van der Waals surface area contributed by atoms with Gasteiger partial charge < -0.3 is 5.32 Å². The molecule has 0 fully saturated rings. The number of rotatable bonds is 6. The van der Waals surface area contributed by atoms with Crippen LogP contribution in [-0.2, 0) is 13.6 Å². The van der Waals surface area contributed by atoms with Crippen LogP contribution in [-0.4, -0.2) is 26.0 Å². The first kappa shape index (κ1) is 15.1. The minimum Gasteiger partial charge on any atom is -0.334 e. The Balaban J connectivity index is 1.82. The molecule has 0 aromatic carbocycles. The molecular formula is C14H22N6O. The van der Waals surface area contributed by atoms with E-state index in [1.54, 1.807) is 10.9 Å². The summed E-state index contributed by atoms with van der Waals surface area (Å²) in [5.74, 6) is 0.952. The Morgan fingerprint density at radius 1 is 1.52 bits per heavy atom. The lowest BCUT2D eigenvalue weighted by molar-refractivity contribution is 0.251. The Labute approximate surface area is 124 Å². The minimum absolute atomic E-state index is 0.278. The van der Waals surface area contributed by atoms with Crippen molar-refractivity contribution in [2.75, 3.05) is 5.32 Å². The molecule has 0 aliphatic carbocycles. The van der Waals surface area contributed by atoms with Crippen LogP contribution < -0.4 is 10.6 Å². The summed E-state index contributed by atoms with van der Waals surface area (Å²) in [4.78, 5) is 11.8. The number of aromatic nitrogens is 4. The van der Waals surface area contributed by atoms with E-state index in [0.29, 0.717) is 18.3 Å². The van der Waals surface area contributed by atoms with Gasteiger partial charge >= 0.3 is 6.03 Å². The van der Waals surface area contributed by atoms with Crippen LogP contribution in [0.1, 0.15) is 43.9 Å². The number of urea groups is 1. The second-order valence-corrected chi connectivity index (χ2v) is 5.23. The van der Waals surface area contributed by atoms with Gasteiger partial charge in [0.25, 0.3) is 0 Å². The van der Waals surface area contributed by atoms with Crippen molar-refractivity contribution < 1.29 is 4.79 Å². The molecule has 0 aliphatic rings. The lowest BCUT2D eigenvalue weighted by atomic mass is 10.0. The first-order valence-corrected chi connectivity index (χ1v) is 7.16. The topological polar surface area (TPSA) is 87.6 Å². The second kappa shape index (κ2) is 6.92. The Bertz CT molecular complexity index is 588. The third-order valence-electron chi connectivity index (χ3n) is 3.30. The standard InChI is InChI=1S/C14H22N6O/c1-4-5-10(2)12-6-13(19-18-12)17-14(21)15-7-11-8-16-20(3)9-11/h6,8-10H,4-5,7H2,1-3H3,(H3,15,17,18,19,21)/t10-/m1/s1. The van der Waals surface area contributed by atoms with Crippen LogP contribution >= 0.6 is 0 Å². The van der Waals surface area contributed by atoms with Gasteiger partial charge in [0.2, 0.25) is 0 Å². The Morgan fingerprint density at radius 2 is 2.33 bits per heavy atom. The number of nitrogens with one attached hydrogen (secondary N) is 3. The number of H-pyrrole nitrogens is 1. The number of carbonyl (C=O) groups is 1. The Hall–Kier alpha value is -2.31. The molecule has 2 heterocycles. The summed E-state index contributed by atoms with van der Waals surface area (Å²) < 4.78 is 1.70. The van der Waals surface area contributed by atoms with Crippen LogP contribution in [0.4, 0.5) is 10.6 Å². The summed E-state index contributed by atoms with van der Waals surface area (Å²) in [7, 11) is 1.84. The van der Waals surface area contributed by atoms with Gasteiger partial charge in [-0.25, -0.2) is 4.79 Å². The van der Waals surface area contributed by atoms with Crippen LogP contribution in [0.3, 0.4) is 0 Å². The molecule has 0 aliphatic heterocycles. The molecule has 2 amide bonds. The second-order valence-electron chi connectivity index (χ2n) is 5.23. The molecule has 0 bridgehead atoms. The summed E-state index contributed by atoms with van der Waals surface area (Å²) in [6, 6.07) is 1.60. The molecule has 2 aromatic rings. The van der Waals surface area contributed by atoms with Crippen molar-refractivity contribution in [3.63, 3.8) is 0 Å². The van der Waals surface area contributed by atoms with Crippen molar-refractivity contribution in [1.29, 1.82) is 0 Å². The van der Waals surface area contributed by atoms with E-state index in [4.69, 9.17) is 0 Å². The van der Waals surface area contributed by atoms with Gasteiger partial charge in [-0.15, -0.1) is 0 Å². The molecule has 21 heavy (non-hydrogen) atoms. The lowest BCUT2D eigenvalue weighted by Crippen LogP contribution is -2.28. The number of anilines is 1. The van der Waals surface area contributed by atoms with E-state index in [2.05, 4.69) is 39.8 Å². The highest BCUT2D eigenvalue weighted by molar-refractivity contribution is 5.88. The molecule has 2 aromatic heterocycles. The summed E-state index contributed by atoms with van der Waals surface area (Å²) in [6.07, 6.45) is 5.79. The fourth-order valence-corrected chi connectivity index (χ4v) is 2.15. The van der Waals surface area contributed by atoms with Crippen molar-refractivity contribution in [2.24, 2.45) is 7.05 Å². The Kier molecular flexibility index (Phi) is 4.97.